The van der Waals surface area contributed by atoms with Crippen molar-refractivity contribution in [3.8, 4) is 0 Å². The van der Waals surface area contributed by atoms with E-state index in [-0.39, 0.29) is 18.1 Å². The second-order valence-corrected chi connectivity index (χ2v) is 7.54. The lowest BCUT2D eigenvalue weighted by Crippen LogP contribution is -2.34. The molecule has 0 spiro atoms. The molecule has 0 fully saturated rings. The van der Waals surface area contributed by atoms with E-state index < -0.39 is 6.04 Å². The van der Waals surface area contributed by atoms with Crippen LogP contribution in [0.2, 0.25) is 0 Å². The Morgan fingerprint density at radius 2 is 1.97 bits per heavy atom. The highest BCUT2D eigenvalue weighted by molar-refractivity contribution is 6.03. The van der Waals surface area contributed by atoms with Crippen molar-refractivity contribution in [3.05, 3.63) is 95.1 Å². The Bertz CT molecular complexity index is 1510. The summed E-state index contributed by atoms with van der Waals surface area (Å²) in [6.45, 7) is -0.241. The van der Waals surface area contributed by atoms with Crippen molar-refractivity contribution >= 4 is 28.2 Å². The Morgan fingerprint density at radius 3 is 2.78 bits per heavy atom. The number of furan rings is 2. The summed E-state index contributed by atoms with van der Waals surface area (Å²) in [5.74, 6) is 0.835. The van der Waals surface area contributed by atoms with E-state index in [1.807, 2.05) is 30.3 Å². The van der Waals surface area contributed by atoms with Gasteiger partial charge in [-0.15, -0.1) is 5.10 Å². The molecule has 0 saturated heterocycles. The molecule has 1 unspecified atom stereocenters. The van der Waals surface area contributed by atoms with Crippen LogP contribution in [0.15, 0.2) is 91.9 Å². The number of fused-ring (bicyclic) bond motifs is 2. The molecular weight excluding hydrogens is 410 g/mol. The maximum Gasteiger partial charge on any atom is 0.350 e. The van der Waals surface area contributed by atoms with Gasteiger partial charge in [0.15, 0.2) is 11.4 Å². The molecular formula is C23H17N5O4. The molecule has 32 heavy (non-hydrogen) atoms. The summed E-state index contributed by atoms with van der Waals surface area (Å²) in [6, 6.07) is 18.0. The monoisotopic (exact) mass is 427 g/mol. The summed E-state index contributed by atoms with van der Waals surface area (Å²) < 4.78 is 14.1. The number of nitrogens with zero attached hydrogens (tertiary/aromatic N) is 5. The first-order chi connectivity index (χ1) is 15.7. The minimum absolute atomic E-state index is 0.241. The maximum atomic E-state index is 13.2. The second-order valence-electron chi connectivity index (χ2n) is 7.54. The Balaban J connectivity index is 1.36. The van der Waals surface area contributed by atoms with E-state index in [1.165, 1.54) is 9.41 Å². The van der Waals surface area contributed by atoms with Crippen LogP contribution < -0.4 is 5.69 Å². The van der Waals surface area contributed by atoms with Crippen LogP contribution in [0.4, 0.5) is 0 Å². The predicted molar refractivity (Wildman–Crippen MR) is 115 cm³/mol. The lowest BCUT2D eigenvalue weighted by Gasteiger charge is -2.19. The molecule has 9 heteroatoms. The molecule has 0 bridgehead atoms. The quantitative estimate of drug-likeness (QED) is 0.439. The standard InChI is InChI=1S/C23H17N5O4/c29-22(14-27-23(30)26-10-4-3-9-21(26)25-27)28-17(19-8-5-11-31-19)13-16(24-28)20-12-15-6-1-2-7-18(15)32-20/h1-12,17H,13-14H2. The zero-order chi connectivity index (χ0) is 21.7. The lowest BCUT2D eigenvalue weighted by atomic mass is 10.1. The second kappa shape index (κ2) is 7.09. The van der Waals surface area contributed by atoms with Crippen molar-refractivity contribution in [2.24, 2.45) is 5.10 Å². The summed E-state index contributed by atoms with van der Waals surface area (Å²) in [5.41, 5.74) is 1.48. The number of aromatic nitrogens is 3. The first-order valence-electron chi connectivity index (χ1n) is 10.1. The average molecular weight is 427 g/mol. The smallest absolute Gasteiger partial charge is 0.350 e. The predicted octanol–water partition coefficient (Wildman–Crippen LogP) is 3.21. The molecule has 1 aromatic carbocycles. The van der Waals surface area contributed by atoms with E-state index >= 15 is 0 Å². The van der Waals surface area contributed by atoms with Crippen LogP contribution in [-0.2, 0) is 11.3 Å². The summed E-state index contributed by atoms with van der Waals surface area (Å²) in [5, 5.41) is 11.1. The van der Waals surface area contributed by atoms with Gasteiger partial charge in [-0.3, -0.25) is 9.20 Å². The molecule has 0 N–H and O–H groups in total. The lowest BCUT2D eigenvalue weighted by molar-refractivity contribution is -0.134. The summed E-state index contributed by atoms with van der Waals surface area (Å²) in [6.07, 6.45) is 3.61. The van der Waals surface area contributed by atoms with Crippen LogP contribution in [0.1, 0.15) is 24.0 Å². The summed E-state index contributed by atoms with van der Waals surface area (Å²) >= 11 is 0. The van der Waals surface area contributed by atoms with Crippen molar-refractivity contribution in [2.75, 3.05) is 0 Å². The van der Waals surface area contributed by atoms with Gasteiger partial charge in [-0.1, -0.05) is 24.3 Å². The third-order valence-electron chi connectivity index (χ3n) is 5.52. The molecule has 0 saturated carbocycles. The molecule has 5 aromatic rings. The number of para-hydroxylation sites is 1. The van der Waals surface area contributed by atoms with Gasteiger partial charge in [0.05, 0.1) is 6.26 Å². The van der Waals surface area contributed by atoms with Gasteiger partial charge in [0.25, 0.3) is 5.91 Å². The number of rotatable bonds is 4. The van der Waals surface area contributed by atoms with Crippen molar-refractivity contribution in [1.82, 2.24) is 19.2 Å². The first-order valence-corrected chi connectivity index (χ1v) is 10.1. The SMILES string of the molecule is O=C(Cn1nc2ccccn2c1=O)N1N=C(c2cc3ccccc3o2)CC1c1ccco1. The van der Waals surface area contributed by atoms with Crippen LogP contribution in [0, 0.1) is 0 Å². The van der Waals surface area contributed by atoms with Gasteiger partial charge in [0.2, 0.25) is 0 Å². The zero-order valence-corrected chi connectivity index (χ0v) is 16.8. The van der Waals surface area contributed by atoms with Gasteiger partial charge >= 0.3 is 5.69 Å². The average Bonchev–Trinajstić information content (AvgIpc) is 3.59. The highest BCUT2D eigenvalue weighted by Gasteiger charge is 2.36. The van der Waals surface area contributed by atoms with E-state index in [0.29, 0.717) is 29.3 Å². The van der Waals surface area contributed by atoms with E-state index in [2.05, 4.69) is 10.2 Å². The topological polar surface area (TPSA) is 98.2 Å². The van der Waals surface area contributed by atoms with E-state index in [4.69, 9.17) is 8.83 Å². The van der Waals surface area contributed by atoms with Gasteiger partial charge in [-0.2, -0.15) is 5.10 Å². The van der Waals surface area contributed by atoms with Crippen molar-refractivity contribution in [1.29, 1.82) is 0 Å². The van der Waals surface area contributed by atoms with E-state index in [0.717, 1.165) is 15.7 Å². The van der Waals surface area contributed by atoms with Crippen molar-refractivity contribution in [3.63, 3.8) is 0 Å². The third-order valence-corrected chi connectivity index (χ3v) is 5.52. The van der Waals surface area contributed by atoms with Gasteiger partial charge < -0.3 is 8.83 Å². The molecule has 0 aliphatic carbocycles. The van der Waals surface area contributed by atoms with Crippen LogP contribution in [0.25, 0.3) is 16.6 Å². The van der Waals surface area contributed by atoms with Crippen LogP contribution in [0.3, 0.4) is 0 Å². The minimum atomic E-state index is -0.437. The highest BCUT2D eigenvalue weighted by Crippen LogP contribution is 2.34. The van der Waals surface area contributed by atoms with Gasteiger partial charge in [-0.05, 0) is 36.4 Å². The highest BCUT2D eigenvalue weighted by atomic mass is 16.3. The number of carbonyl (C=O) groups is 1. The number of hydrogen-bond acceptors (Lipinski definition) is 6. The van der Waals surface area contributed by atoms with E-state index in [9.17, 15) is 9.59 Å². The fourth-order valence-electron chi connectivity index (χ4n) is 3.99. The molecule has 1 aliphatic heterocycles. The molecule has 1 atom stereocenters. The van der Waals surface area contributed by atoms with Crippen LogP contribution in [0.5, 0.6) is 0 Å². The Kier molecular flexibility index (Phi) is 4.07. The number of benzene rings is 1. The number of hydrazone groups is 1. The van der Waals surface area contributed by atoms with Crippen LogP contribution in [-0.4, -0.2) is 30.8 Å². The largest absolute Gasteiger partial charge is 0.467 e. The van der Waals surface area contributed by atoms with E-state index in [1.54, 1.807) is 42.8 Å². The molecule has 5 heterocycles. The molecule has 0 radical (unpaired) electrons. The van der Waals surface area contributed by atoms with Crippen molar-refractivity contribution < 1.29 is 13.6 Å². The normalized spacial score (nSPS) is 16.2. The first kappa shape index (κ1) is 18.4. The molecule has 9 nitrogen and oxygen atoms in total. The number of amides is 1. The molecule has 1 amide bonds. The summed E-state index contributed by atoms with van der Waals surface area (Å²) in [4.78, 5) is 25.8. The van der Waals surface area contributed by atoms with Gasteiger partial charge in [0.1, 0.15) is 29.6 Å². The maximum absolute atomic E-state index is 13.2. The Labute approximate surface area is 180 Å². The van der Waals surface area contributed by atoms with Crippen LogP contribution >= 0.6 is 0 Å². The fourth-order valence-corrected chi connectivity index (χ4v) is 3.99. The molecule has 158 valence electrons. The van der Waals surface area contributed by atoms with Crippen molar-refractivity contribution in [2.45, 2.75) is 19.0 Å². The zero-order valence-electron chi connectivity index (χ0n) is 16.8. The van der Waals surface area contributed by atoms with Gasteiger partial charge in [-0.25, -0.2) is 14.5 Å². The fraction of sp³-hybridized carbons (Fsp3) is 0.130. The molecule has 1 aliphatic rings. The number of carbonyl (C=O) groups excluding carboxylic acids is 1. The Hall–Kier alpha value is -4.40. The summed E-state index contributed by atoms with van der Waals surface area (Å²) in [7, 11) is 0. The number of pyridine rings is 1. The minimum Gasteiger partial charge on any atom is -0.467 e. The Morgan fingerprint density at radius 1 is 1.09 bits per heavy atom. The third kappa shape index (κ3) is 2.94. The molecule has 6 rings (SSSR count). The number of hydrogen-bond donors (Lipinski definition) is 0. The van der Waals surface area contributed by atoms with Gasteiger partial charge in [0, 0.05) is 18.0 Å². The molecule has 4 aromatic heterocycles.